The van der Waals surface area contributed by atoms with Crippen molar-refractivity contribution in [2.75, 3.05) is 25.5 Å². The van der Waals surface area contributed by atoms with Crippen LogP contribution in [-0.2, 0) is 19.9 Å². The van der Waals surface area contributed by atoms with Gasteiger partial charge >= 0.3 is 18.1 Å². The molecule has 1 atom stereocenters. The number of ether oxygens (including phenoxy) is 2. The number of carbonyl (C=O) groups excluding carboxylic acids is 3. The molecular weight excluding hydrogens is 426 g/mol. The van der Waals surface area contributed by atoms with Crippen LogP contribution in [0.3, 0.4) is 0 Å². The first-order valence-electron chi connectivity index (χ1n) is 10.5. The monoisotopic (exact) mass is 457 g/mol. The minimum Gasteiger partial charge on any atom is -0.466 e. The van der Waals surface area contributed by atoms with Gasteiger partial charge in [0.25, 0.3) is 0 Å². The Morgan fingerprint density at radius 2 is 1.55 bits per heavy atom. The number of anilines is 1. The molecule has 0 aliphatic rings. The van der Waals surface area contributed by atoms with E-state index in [0.717, 1.165) is 0 Å². The van der Waals surface area contributed by atoms with Crippen molar-refractivity contribution in [2.24, 2.45) is 0 Å². The van der Waals surface area contributed by atoms with Crippen molar-refractivity contribution in [3.63, 3.8) is 0 Å². The molecule has 33 heavy (non-hydrogen) atoms. The highest BCUT2D eigenvalue weighted by atomic mass is 16.6. The average molecular weight is 458 g/mol. The third-order valence-corrected chi connectivity index (χ3v) is 4.52. The van der Waals surface area contributed by atoms with Gasteiger partial charge in [-0.1, -0.05) is 42.5 Å². The van der Waals surface area contributed by atoms with Crippen LogP contribution in [0, 0.1) is 0 Å². The Bertz CT molecular complexity index is 958. The van der Waals surface area contributed by atoms with Crippen molar-refractivity contribution < 1.29 is 29.0 Å². The highest BCUT2D eigenvalue weighted by molar-refractivity contribution is 5.90. The molecule has 0 spiro atoms. The molecule has 0 radical (unpaired) electrons. The van der Waals surface area contributed by atoms with Gasteiger partial charge in [0.1, 0.15) is 5.60 Å². The Kier molecular flexibility index (Phi) is 8.81. The fraction of sp³-hybridized carbons (Fsp3) is 0.375. The highest BCUT2D eigenvalue weighted by Gasteiger charge is 2.41. The van der Waals surface area contributed by atoms with E-state index in [1.807, 2.05) is 0 Å². The second kappa shape index (κ2) is 11.3. The second-order valence-corrected chi connectivity index (χ2v) is 8.31. The van der Waals surface area contributed by atoms with Crippen LogP contribution < -0.4 is 16.0 Å². The van der Waals surface area contributed by atoms with E-state index < -0.39 is 29.3 Å². The minimum atomic E-state index is -2.03. The van der Waals surface area contributed by atoms with E-state index in [0.29, 0.717) is 30.8 Å². The van der Waals surface area contributed by atoms with E-state index in [1.54, 1.807) is 69.3 Å². The first kappa shape index (κ1) is 25.7. The molecule has 2 rings (SSSR count). The molecule has 9 heteroatoms. The highest BCUT2D eigenvalue weighted by Crippen LogP contribution is 2.32. The molecule has 2 aromatic carbocycles. The summed E-state index contributed by atoms with van der Waals surface area (Å²) < 4.78 is 9.97. The minimum absolute atomic E-state index is 0.250. The topological polar surface area (TPSA) is 126 Å². The van der Waals surface area contributed by atoms with Gasteiger partial charge in [0, 0.05) is 24.3 Å². The Morgan fingerprint density at radius 3 is 2.18 bits per heavy atom. The largest absolute Gasteiger partial charge is 0.466 e. The van der Waals surface area contributed by atoms with Crippen LogP contribution in [0.4, 0.5) is 15.3 Å². The molecule has 2 aromatic rings. The third-order valence-electron chi connectivity index (χ3n) is 4.52. The quantitative estimate of drug-likeness (QED) is 0.356. The molecule has 0 aliphatic carbocycles. The summed E-state index contributed by atoms with van der Waals surface area (Å²) in [5.41, 5.74) is -1.62. The predicted octanol–water partition coefficient (Wildman–Crippen LogP) is 3.13. The zero-order valence-corrected chi connectivity index (χ0v) is 19.3. The van der Waals surface area contributed by atoms with Gasteiger partial charge in [-0.2, -0.15) is 0 Å². The number of urea groups is 1. The van der Waals surface area contributed by atoms with E-state index in [4.69, 9.17) is 9.47 Å². The van der Waals surface area contributed by atoms with E-state index >= 15 is 0 Å². The number of methoxy groups -OCH3 is 1. The van der Waals surface area contributed by atoms with E-state index in [1.165, 1.54) is 13.2 Å². The molecule has 0 heterocycles. The number of benzene rings is 2. The second-order valence-electron chi connectivity index (χ2n) is 8.31. The molecule has 0 fully saturated rings. The lowest BCUT2D eigenvalue weighted by Crippen LogP contribution is -2.38. The van der Waals surface area contributed by atoms with Gasteiger partial charge in [-0.15, -0.1) is 0 Å². The molecule has 0 saturated carbocycles. The van der Waals surface area contributed by atoms with Gasteiger partial charge < -0.3 is 30.5 Å². The normalized spacial score (nSPS) is 12.8. The number of esters is 1. The molecular formula is C24H31N3O6. The number of alkyl carbamates (subject to hydrolysis) is 1. The Labute approximate surface area is 193 Å². The van der Waals surface area contributed by atoms with Gasteiger partial charge in [-0.25, -0.2) is 14.4 Å². The number of hydrogen-bond donors (Lipinski definition) is 4. The summed E-state index contributed by atoms with van der Waals surface area (Å²) in [7, 11) is 1.20. The molecule has 1 unspecified atom stereocenters. The van der Waals surface area contributed by atoms with E-state index in [2.05, 4.69) is 16.0 Å². The van der Waals surface area contributed by atoms with Crippen LogP contribution in [0.2, 0.25) is 0 Å². The van der Waals surface area contributed by atoms with Gasteiger partial charge in [0.2, 0.25) is 5.60 Å². The maximum atomic E-state index is 12.5. The van der Waals surface area contributed by atoms with Gasteiger partial charge in [0.15, 0.2) is 0 Å². The lowest BCUT2D eigenvalue weighted by Gasteiger charge is -2.26. The fourth-order valence-electron chi connectivity index (χ4n) is 3.02. The molecule has 9 nitrogen and oxygen atoms in total. The molecule has 3 amide bonds. The Balaban J connectivity index is 1.95. The van der Waals surface area contributed by atoms with Crippen LogP contribution in [0.1, 0.15) is 38.3 Å². The van der Waals surface area contributed by atoms with Crippen LogP contribution in [-0.4, -0.2) is 49.0 Å². The van der Waals surface area contributed by atoms with Gasteiger partial charge in [-0.3, -0.25) is 0 Å². The van der Waals surface area contributed by atoms with E-state index in [-0.39, 0.29) is 5.56 Å². The molecule has 0 bridgehead atoms. The van der Waals surface area contributed by atoms with E-state index in [9.17, 15) is 19.5 Å². The lowest BCUT2D eigenvalue weighted by atomic mass is 9.86. The summed E-state index contributed by atoms with van der Waals surface area (Å²) in [5.74, 6) is -0.840. The van der Waals surface area contributed by atoms with Crippen molar-refractivity contribution in [3.05, 3.63) is 65.7 Å². The smallest absolute Gasteiger partial charge is 0.407 e. The van der Waals surface area contributed by atoms with Crippen molar-refractivity contribution in [1.82, 2.24) is 10.6 Å². The van der Waals surface area contributed by atoms with Crippen LogP contribution in [0.5, 0.6) is 0 Å². The van der Waals surface area contributed by atoms with Gasteiger partial charge in [-0.05, 0) is 44.9 Å². The van der Waals surface area contributed by atoms with Crippen molar-refractivity contribution in [2.45, 2.75) is 38.4 Å². The number of nitrogens with one attached hydrogen (secondary N) is 3. The van der Waals surface area contributed by atoms with Crippen LogP contribution in [0.25, 0.3) is 0 Å². The van der Waals surface area contributed by atoms with Crippen LogP contribution >= 0.6 is 0 Å². The van der Waals surface area contributed by atoms with Gasteiger partial charge in [0.05, 0.1) is 7.11 Å². The fourth-order valence-corrected chi connectivity index (χ4v) is 3.02. The number of carbonyl (C=O) groups is 3. The first-order valence-corrected chi connectivity index (χ1v) is 10.5. The summed E-state index contributed by atoms with van der Waals surface area (Å²) in [6, 6.07) is 14.3. The molecule has 178 valence electrons. The Hall–Kier alpha value is -3.59. The lowest BCUT2D eigenvalue weighted by molar-refractivity contribution is -0.158. The number of rotatable bonds is 8. The maximum absolute atomic E-state index is 12.5. The summed E-state index contributed by atoms with van der Waals surface area (Å²) in [5, 5.41) is 19.2. The number of amides is 3. The predicted molar refractivity (Wildman–Crippen MR) is 124 cm³/mol. The first-order chi connectivity index (χ1) is 15.6. The summed E-state index contributed by atoms with van der Waals surface area (Å²) in [4.78, 5) is 36.3. The summed E-state index contributed by atoms with van der Waals surface area (Å²) >= 11 is 0. The van der Waals surface area contributed by atoms with Crippen LogP contribution in [0.15, 0.2) is 54.6 Å². The molecule has 0 aliphatic heterocycles. The van der Waals surface area contributed by atoms with Crippen molar-refractivity contribution in [1.29, 1.82) is 0 Å². The SMILES string of the molecule is COC(=O)C(O)(c1ccccc1)c1cccc(NC(=O)NCCCNC(=O)OC(C)(C)C)c1. The molecule has 0 saturated heterocycles. The maximum Gasteiger partial charge on any atom is 0.407 e. The number of hydrogen-bond acceptors (Lipinski definition) is 6. The zero-order valence-electron chi connectivity index (χ0n) is 19.3. The Morgan fingerprint density at radius 1 is 0.909 bits per heavy atom. The zero-order chi connectivity index (χ0) is 24.5. The van der Waals surface area contributed by atoms with Crippen molar-refractivity contribution in [3.8, 4) is 0 Å². The summed E-state index contributed by atoms with van der Waals surface area (Å²) in [6.45, 7) is 5.99. The average Bonchev–Trinajstić information content (AvgIpc) is 2.77. The standard InChI is InChI=1S/C24H31N3O6/c1-23(2,3)33-22(30)26-15-9-14-25-21(29)27-19-13-8-12-18(16-19)24(31,20(28)32-4)17-10-6-5-7-11-17/h5-8,10-13,16,31H,9,14-15H2,1-4H3,(H,26,30)(H2,25,27,29). The third kappa shape index (κ3) is 7.50. The number of aliphatic hydroxyl groups is 1. The molecule has 4 N–H and O–H groups in total. The van der Waals surface area contributed by atoms with Crippen molar-refractivity contribution >= 4 is 23.8 Å². The summed E-state index contributed by atoms with van der Waals surface area (Å²) in [6.07, 6.45) is -0.0109. The molecule has 0 aromatic heterocycles.